The van der Waals surface area contributed by atoms with Crippen molar-refractivity contribution in [3.05, 3.63) is 89.2 Å². The van der Waals surface area contributed by atoms with E-state index in [1.807, 2.05) is 57.2 Å². The molecular weight excluding hydrogens is 461 g/mol. The first-order valence-corrected chi connectivity index (χ1v) is 11.8. The highest BCUT2D eigenvalue weighted by Crippen LogP contribution is 2.44. The molecule has 4 rings (SSSR count). The number of halogens is 1. The van der Waals surface area contributed by atoms with Gasteiger partial charge in [-0.25, -0.2) is 14.0 Å². The smallest absolute Gasteiger partial charge is 0.407 e. The molecule has 0 bridgehead atoms. The number of hydrogen-bond acceptors (Lipinski definition) is 5. The molecule has 1 N–H and O–H groups in total. The lowest BCUT2D eigenvalue weighted by Crippen LogP contribution is -2.43. The van der Waals surface area contributed by atoms with Gasteiger partial charge in [0.1, 0.15) is 18.2 Å². The van der Waals surface area contributed by atoms with Crippen molar-refractivity contribution in [2.45, 2.75) is 44.8 Å². The van der Waals surface area contributed by atoms with Gasteiger partial charge in [-0.05, 0) is 60.7 Å². The Morgan fingerprint density at radius 2 is 1.58 bits per heavy atom. The van der Waals surface area contributed by atoms with E-state index in [1.165, 1.54) is 19.2 Å². The van der Waals surface area contributed by atoms with Gasteiger partial charge in [0.25, 0.3) is 0 Å². The zero-order chi connectivity index (χ0) is 25.9. The Bertz CT molecular complexity index is 1220. The molecule has 1 aliphatic carbocycles. The van der Waals surface area contributed by atoms with Crippen LogP contribution in [0.3, 0.4) is 0 Å². The fourth-order valence-corrected chi connectivity index (χ4v) is 4.44. The normalized spacial score (nSPS) is 13.4. The monoisotopic (exact) mass is 491 g/mol. The number of fused-ring (bicyclic) bond motifs is 3. The summed E-state index contributed by atoms with van der Waals surface area (Å²) in [4.78, 5) is 25.1. The summed E-state index contributed by atoms with van der Waals surface area (Å²) in [6, 6.07) is 19.5. The van der Waals surface area contributed by atoms with Crippen LogP contribution in [0.5, 0.6) is 5.75 Å². The van der Waals surface area contributed by atoms with E-state index < -0.39 is 29.5 Å². The lowest BCUT2D eigenvalue weighted by atomic mass is 9.98. The first-order valence-electron chi connectivity index (χ1n) is 11.8. The summed E-state index contributed by atoms with van der Waals surface area (Å²) in [5.41, 5.74) is 4.37. The molecule has 0 heterocycles. The largest absolute Gasteiger partial charge is 0.485 e. The van der Waals surface area contributed by atoms with Gasteiger partial charge in [0.15, 0.2) is 11.6 Å². The minimum absolute atomic E-state index is 0.0313. The molecule has 188 valence electrons. The summed E-state index contributed by atoms with van der Waals surface area (Å²) in [5.74, 6) is -1.19. The number of rotatable bonds is 7. The van der Waals surface area contributed by atoms with Gasteiger partial charge in [-0.3, -0.25) is 0 Å². The van der Waals surface area contributed by atoms with Crippen LogP contribution in [0.1, 0.15) is 43.4 Å². The van der Waals surface area contributed by atoms with Gasteiger partial charge in [-0.15, -0.1) is 0 Å². The second-order valence-electron chi connectivity index (χ2n) is 9.73. The molecule has 0 fully saturated rings. The van der Waals surface area contributed by atoms with E-state index in [4.69, 9.17) is 14.2 Å². The van der Waals surface area contributed by atoms with Crippen LogP contribution in [0.2, 0.25) is 0 Å². The van der Waals surface area contributed by atoms with Crippen molar-refractivity contribution >= 4 is 12.1 Å². The quantitative estimate of drug-likeness (QED) is 0.434. The predicted octanol–water partition coefficient (Wildman–Crippen LogP) is 5.63. The van der Waals surface area contributed by atoms with Crippen LogP contribution in [0.15, 0.2) is 66.7 Å². The van der Waals surface area contributed by atoms with Crippen molar-refractivity contribution in [1.82, 2.24) is 5.32 Å². The molecular formula is C29H30FNO5. The van der Waals surface area contributed by atoms with Gasteiger partial charge < -0.3 is 19.5 Å². The zero-order valence-electron chi connectivity index (χ0n) is 20.8. The highest BCUT2D eigenvalue weighted by molar-refractivity contribution is 5.82. The van der Waals surface area contributed by atoms with E-state index in [1.54, 1.807) is 6.07 Å². The minimum Gasteiger partial charge on any atom is -0.485 e. The minimum atomic E-state index is -1.04. The van der Waals surface area contributed by atoms with Gasteiger partial charge in [-0.2, -0.15) is 0 Å². The molecule has 0 aromatic heterocycles. The number of ether oxygens (including phenoxy) is 3. The number of alkyl carbamates (subject to hydrolysis) is 1. The van der Waals surface area contributed by atoms with Crippen molar-refractivity contribution in [3.63, 3.8) is 0 Å². The highest BCUT2D eigenvalue weighted by atomic mass is 19.1. The third-order valence-corrected chi connectivity index (χ3v) is 5.97. The molecule has 0 saturated heterocycles. The Kier molecular flexibility index (Phi) is 7.29. The number of methoxy groups -OCH3 is 1. The number of benzene rings is 3. The van der Waals surface area contributed by atoms with Gasteiger partial charge in [0.2, 0.25) is 0 Å². The van der Waals surface area contributed by atoms with E-state index in [0.29, 0.717) is 5.56 Å². The molecule has 3 aromatic rings. The Morgan fingerprint density at radius 3 is 2.14 bits per heavy atom. The average molecular weight is 492 g/mol. The number of nitrogens with one attached hydrogen (secondary N) is 1. The Morgan fingerprint density at radius 1 is 0.972 bits per heavy atom. The predicted molar refractivity (Wildman–Crippen MR) is 134 cm³/mol. The fraction of sp³-hybridized carbons (Fsp3) is 0.310. The molecule has 0 saturated carbocycles. The number of carbonyl (C=O) groups is 2. The molecule has 6 nitrogen and oxygen atoms in total. The molecule has 7 heteroatoms. The van der Waals surface area contributed by atoms with Crippen LogP contribution < -0.4 is 10.1 Å². The van der Waals surface area contributed by atoms with Crippen LogP contribution in [0.25, 0.3) is 11.1 Å². The van der Waals surface area contributed by atoms with Crippen LogP contribution >= 0.6 is 0 Å². The molecule has 1 amide bonds. The van der Waals surface area contributed by atoms with Crippen molar-refractivity contribution < 1.29 is 28.2 Å². The lowest BCUT2D eigenvalue weighted by molar-refractivity contribution is -0.143. The lowest BCUT2D eigenvalue weighted by Gasteiger charge is -2.22. The molecule has 0 aliphatic heterocycles. The van der Waals surface area contributed by atoms with Crippen LogP contribution in [-0.4, -0.2) is 37.4 Å². The van der Waals surface area contributed by atoms with E-state index in [2.05, 4.69) is 17.4 Å². The second-order valence-corrected chi connectivity index (χ2v) is 9.73. The van der Waals surface area contributed by atoms with Crippen molar-refractivity contribution in [1.29, 1.82) is 0 Å². The Labute approximate surface area is 210 Å². The van der Waals surface area contributed by atoms with Crippen LogP contribution in [0.4, 0.5) is 9.18 Å². The summed E-state index contributed by atoms with van der Waals surface area (Å²) < 4.78 is 30.6. The Balaban J connectivity index is 1.43. The SMILES string of the molecule is COC(=O)C(Cc1ccc(OC(C)(C)C)c(F)c1)NC(=O)OCC1c2ccccc2-c2ccccc21. The van der Waals surface area contributed by atoms with E-state index >= 15 is 0 Å². The number of esters is 1. The molecule has 1 aliphatic rings. The maximum atomic E-state index is 14.6. The van der Waals surface area contributed by atoms with Crippen molar-refractivity contribution in [2.24, 2.45) is 0 Å². The van der Waals surface area contributed by atoms with Crippen molar-refractivity contribution in [2.75, 3.05) is 13.7 Å². The van der Waals surface area contributed by atoms with E-state index in [9.17, 15) is 14.0 Å². The summed E-state index contributed by atoms with van der Waals surface area (Å²) in [5, 5.41) is 2.57. The summed E-state index contributed by atoms with van der Waals surface area (Å²) in [7, 11) is 1.23. The standard InChI is InChI=1S/C29H30FNO5/c1-29(2,3)36-26-14-13-18(15-24(26)30)16-25(27(32)34-4)31-28(33)35-17-23-21-11-7-5-9-19(21)20-10-6-8-12-22(20)23/h5-15,23,25H,16-17H2,1-4H3,(H,31,33). The molecule has 3 aromatic carbocycles. The summed E-state index contributed by atoms with van der Waals surface area (Å²) >= 11 is 0. The molecule has 1 atom stereocenters. The van der Waals surface area contributed by atoms with E-state index in [0.717, 1.165) is 22.3 Å². The van der Waals surface area contributed by atoms with Gasteiger partial charge >= 0.3 is 12.1 Å². The topological polar surface area (TPSA) is 73.9 Å². The Hall–Kier alpha value is -3.87. The van der Waals surface area contributed by atoms with Gasteiger partial charge in [-0.1, -0.05) is 54.6 Å². The highest BCUT2D eigenvalue weighted by Gasteiger charge is 2.30. The van der Waals surface area contributed by atoms with Crippen molar-refractivity contribution in [3.8, 4) is 16.9 Å². The van der Waals surface area contributed by atoms with E-state index in [-0.39, 0.29) is 24.7 Å². The van der Waals surface area contributed by atoms with Gasteiger partial charge in [0, 0.05) is 12.3 Å². The number of amides is 1. The molecule has 0 spiro atoms. The van der Waals surface area contributed by atoms with Crippen LogP contribution in [0, 0.1) is 5.82 Å². The maximum absolute atomic E-state index is 14.6. The average Bonchev–Trinajstić information content (AvgIpc) is 3.16. The second kappa shape index (κ2) is 10.4. The number of hydrogen-bond donors (Lipinski definition) is 1. The number of carbonyl (C=O) groups excluding carboxylic acids is 2. The summed E-state index contributed by atoms with van der Waals surface area (Å²) in [6.45, 7) is 5.59. The molecule has 36 heavy (non-hydrogen) atoms. The third kappa shape index (κ3) is 5.67. The van der Waals surface area contributed by atoms with Crippen LogP contribution in [-0.2, 0) is 20.7 Å². The van der Waals surface area contributed by atoms with Gasteiger partial charge in [0.05, 0.1) is 7.11 Å². The maximum Gasteiger partial charge on any atom is 0.407 e. The molecule has 1 unspecified atom stereocenters. The first-order chi connectivity index (χ1) is 17.2. The third-order valence-electron chi connectivity index (χ3n) is 5.97. The first kappa shape index (κ1) is 25.2. The zero-order valence-corrected chi connectivity index (χ0v) is 20.8. The summed E-state index contributed by atoms with van der Waals surface area (Å²) in [6.07, 6.45) is -0.718. The molecule has 0 radical (unpaired) electrons. The fourth-order valence-electron chi connectivity index (χ4n) is 4.44.